The van der Waals surface area contributed by atoms with Gasteiger partial charge in [0.15, 0.2) is 0 Å². The van der Waals surface area contributed by atoms with E-state index in [0.29, 0.717) is 66.4 Å². The maximum atomic E-state index is 9.85. The third kappa shape index (κ3) is 13.4. The molecule has 342 valence electrons. The first-order valence-electron chi connectivity index (χ1n) is 21.0. The second kappa shape index (κ2) is 24.3. The number of rotatable bonds is 23. The van der Waals surface area contributed by atoms with Crippen molar-refractivity contribution in [2.24, 2.45) is 0 Å². The zero-order valence-corrected chi connectivity index (χ0v) is 37.9. The Morgan fingerprint density at radius 2 is 0.970 bits per heavy atom. The van der Waals surface area contributed by atoms with Gasteiger partial charge in [0.1, 0.15) is 61.6 Å². The van der Waals surface area contributed by atoms with Gasteiger partial charge in [-0.15, -0.1) is 0 Å². The van der Waals surface area contributed by atoms with Gasteiger partial charge in [0, 0.05) is 85.4 Å². The molecule has 0 bridgehead atoms. The van der Waals surface area contributed by atoms with Crippen molar-refractivity contribution in [2.45, 2.75) is 65.6 Å². The number of hydrogen-bond acceptors (Lipinski definition) is 14. The molecule has 6 N–H and O–H groups in total. The van der Waals surface area contributed by atoms with E-state index in [0.717, 1.165) is 33.4 Å². The first-order valence-corrected chi connectivity index (χ1v) is 21.8. The zero-order chi connectivity index (χ0) is 47.0. The minimum Gasteiger partial charge on any atom is -0.488 e. The predicted octanol–water partition coefficient (Wildman–Crippen LogP) is 7.01. The van der Waals surface area contributed by atoms with Crippen LogP contribution in [0.25, 0.3) is 11.1 Å². The predicted molar refractivity (Wildman–Crippen MR) is 249 cm³/mol. The second-order valence-electron chi connectivity index (χ2n) is 15.4. The normalized spacial score (nSPS) is 11.9. The van der Waals surface area contributed by atoms with Gasteiger partial charge < -0.3 is 50.0 Å². The first kappa shape index (κ1) is 49.1. The van der Waals surface area contributed by atoms with Crippen LogP contribution in [-0.2, 0) is 39.5 Å². The third-order valence-electron chi connectivity index (χ3n) is 10.6. The summed E-state index contributed by atoms with van der Waals surface area (Å²) in [5.74, 6) is 1.76. The molecular formula is C50H50Cl2N6O8. The number of aliphatic hydroxyl groups excluding tert-OH is 4. The lowest BCUT2D eigenvalue weighted by Crippen LogP contribution is -2.29. The van der Waals surface area contributed by atoms with Crippen molar-refractivity contribution in [1.29, 1.82) is 10.5 Å². The minimum atomic E-state index is -0.927. The lowest BCUT2D eigenvalue weighted by Gasteiger charge is -2.19. The van der Waals surface area contributed by atoms with Gasteiger partial charge in [0.25, 0.3) is 0 Å². The highest BCUT2D eigenvalue weighted by atomic mass is 35.5. The number of aromatic nitrogens is 2. The van der Waals surface area contributed by atoms with Gasteiger partial charge in [-0.3, -0.25) is 9.97 Å². The molecule has 0 saturated heterocycles. The highest BCUT2D eigenvalue weighted by Gasteiger charge is 2.18. The van der Waals surface area contributed by atoms with E-state index in [9.17, 15) is 30.9 Å². The molecule has 2 heterocycles. The quantitative estimate of drug-likeness (QED) is 0.0381. The Labute approximate surface area is 393 Å². The Kier molecular flexibility index (Phi) is 18.1. The SMILES string of the molecule is Cc1c(COc2cc(OCc3cncc(C#N)c3)c(CNC[C@H](O)CO)cc2Cl)cccc1-c1cccc(COc2cc(OCc3cncc(C#N)c3)c(CNC[C@H](O)CO)cc2Cl)c1C. The molecule has 2 atom stereocenters. The molecule has 0 aliphatic heterocycles. The summed E-state index contributed by atoms with van der Waals surface area (Å²) < 4.78 is 25.1. The van der Waals surface area contributed by atoms with Crippen molar-refractivity contribution < 1.29 is 39.4 Å². The lowest BCUT2D eigenvalue weighted by atomic mass is 9.92. The van der Waals surface area contributed by atoms with Crippen LogP contribution < -0.4 is 29.6 Å². The molecule has 0 amide bonds. The minimum absolute atomic E-state index is 0.130. The summed E-state index contributed by atoms with van der Waals surface area (Å²) in [6.45, 7) is 4.88. The van der Waals surface area contributed by atoms with E-state index < -0.39 is 12.2 Å². The Balaban J connectivity index is 1.18. The van der Waals surface area contributed by atoms with Gasteiger partial charge in [-0.1, -0.05) is 59.6 Å². The maximum absolute atomic E-state index is 9.85. The van der Waals surface area contributed by atoms with Crippen molar-refractivity contribution in [3.63, 3.8) is 0 Å². The molecule has 16 heteroatoms. The second-order valence-corrected chi connectivity index (χ2v) is 16.3. The van der Waals surface area contributed by atoms with Crippen LogP contribution in [0.5, 0.6) is 23.0 Å². The number of nitrogens with one attached hydrogen (secondary N) is 2. The van der Waals surface area contributed by atoms with Gasteiger partial charge in [-0.25, -0.2) is 0 Å². The molecule has 2 aromatic heterocycles. The maximum Gasteiger partial charge on any atom is 0.142 e. The summed E-state index contributed by atoms with van der Waals surface area (Å²) in [4.78, 5) is 8.25. The molecular weight excluding hydrogens is 883 g/mol. The summed E-state index contributed by atoms with van der Waals surface area (Å²) in [6, 6.07) is 26.6. The van der Waals surface area contributed by atoms with Crippen LogP contribution >= 0.6 is 23.2 Å². The molecule has 0 unspecified atom stereocenters. The van der Waals surface area contributed by atoms with E-state index in [2.05, 4.69) is 44.9 Å². The average molecular weight is 934 g/mol. The summed E-state index contributed by atoms with van der Waals surface area (Å²) in [5.41, 5.74) is 9.55. The van der Waals surface area contributed by atoms with E-state index in [1.165, 1.54) is 12.4 Å². The molecule has 14 nitrogen and oxygen atoms in total. The van der Waals surface area contributed by atoms with Crippen LogP contribution in [0.1, 0.15) is 55.6 Å². The largest absolute Gasteiger partial charge is 0.488 e. The summed E-state index contributed by atoms with van der Waals surface area (Å²) in [5, 5.41) is 63.8. The number of nitriles is 2. The fourth-order valence-electron chi connectivity index (χ4n) is 6.95. The fourth-order valence-corrected chi connectivity index (χ4v) is 7.43. The topological polar surface area (TPSA) is 215 Å². The average Bonchev–Trinajstić information content (AvgIpc) is 3.33. The van der Waals surface area contributed by atoms with Crippen molar-refractivity contribution >= 4 is 23.2 Å². The zero-order valence-electron chi connectivity index (χ0n) is 36.4. The molecule has 66 heavy (non-hydrogen) atoms. The molecule has 4 aromatic carbocycles. The molecule has 0 aliphatic rings. The van der Waals surface area contributed by atoms with E-state index >= 15 is 0 Å². The van der Waals surface area contributed by atoms with Crippen LogP contribution in [-0.4, -0.2) is 68.9 Å². The molecule has 0 aliphatic carbocycles. The Hall–Kier alpha value is -6.30. The number of pyridine rings is 2. The summed E-state index contributed by atoms with van der Waals surface area (Å²) in [6.07, 6.45) is 4.35. The number of ether oxygens (including phenoxy) is 4. The standard InChI is InChI=1S/C50H50Cl2N6O8/c1-31-37(29-65-49-13-47(63-27-35-9-33(15-53)17-55-19-35)39(11-45(49)51)21-57-23-41(61)25-59)5-3-7-43(31)44-8-4-6-38(32(44)2)30-66-50-14-48(64-28-36-10-34(16-54)18-56-20-36)40(12-46(50)52)22-58-24-42(62)26-60/h3-14,17-20,41-42,57-62H,21-30H2,1-2H3/t41-,42-/m0/s1. The lowest BCUT2D eigenvalue weighted by molar-refractivity contribution is 0.0941. The molecule has 0 spiro atoms. The van der Waals surface area contributed by atoms with Gasteiger partial charge in [-0.05, 0) is 71.5 Å². The third-order valence-corrected chi connectivity index (χ3v) is 11.2. The van der Waals surface area contributed by atoms with Crippen molar-refractivity contribution in [1.82, 2.24) is 20.6 Å². The number of benzene rings is 4. The summed E-state index contributed by atoms with van der Waals surface area (Å²) in [7, 11) is 0. The van der Waals surface area contributed by atoms with Gasteiger partial charge in [0.05, 0.1) is 46.6 Å². The monoisotopic (exact) mass is 932 g/mol. The molecule has 0 fully saturated rings. The highest BCUT2D eigenvalue weighted by Crippen LogP contribution is 2.37. The first-order chi connectivity index (χ1) is 32.0. The molecule has 0 radical (unpaired) electrons. The Bertz CT molecular complexity index is 2510. The highest BCUT2D eigenvalue weighted by molar-refractivity contribution is 6.32. The van der Waals surface area contributed by atoms with E-state index in [1.807, 2.05) is 38.1 Å². The van der Waals surface area contributed by atoms with Gasteiger partial charge >= 0.3 is 0 Å². The van der Waals surface area contributed by atoms with Gasteiger partial charge in [0.2, 0.25) is 0 Å². The van der Waals surface area contributed by atoms with Gasteiger partial charge in [-0.2, -0.15) is 10.5 Å². The molecule has 6 aromatic rings. The van der Waals surface area contributed by atoms with Crippen LogP contribution in [0.15, 0.2) is 97.6 Å². The van der Waals surface area contributed by atoms with E-state index in [1.54, 1.807) is 48.8 Å². The van der Waals surface area contributed by atoms with Crippen LogP contribution in [0.4, 0.5) is 0 Å². The number of nitrogens with zero attached hydrogens (tertiary/aromatic N) is 4. The van der Waals surface area contributed by atoms with Crippen LogP contribution in [0.2, 0.25) is 10.0 Å². The van der Waals surface area contributed by atoms with Crippen molar-refractivity contribution in [3.8, 4) is 46.3 Å². The van der Waals surface area contributed by atoms with Crippen molar-refractivity contribution in [2.75, 3.05) is 26.3 Å². The number of halogens is 2. The molecule has 6 rings (SSSR count). The number of aliphatic hydroxyl groups is 4. The smallest absolute Gasteiger partial charge is 0.142 e. The Morgan fingerprint density at radius 3 is 1.36 bits per heavy atom. The summed E-state index contributed by atoms with van der Waals surface area (Å²) >= 11 is 13.6. The Morgan fingerprint density at radius 1 is 0.561 bits per heavy atom. The van der Waals surface area contributed by atoms with E-state index in [-0.39, 0.29) is 65.8 Å². The van der Waals surface area contributed by atoms with Crippen molar-refractivity contribution in [3.05, 3.63) is 163 Å². The van der Waals surface area contributed by atoms with E-state index in [4.69, 9.17) is 42.1 Å². The van der Waals surface area contributed by atoms with Crippen LogP contribution in [0.3, 0.4) is 0 Å². The number of hydrogen-bond donors (Lipinski definition) is 6. The molecule has 0 saturated carbocycles. The fraction of sp³-hybridized carbons (Fsp3) is 0.280. The van der Waals surface area contributed by atoms with Crippen LogP contribution in [0, 0.1) is 36.5 Å².